The number of carbonyl (C=O) groups is 1. The molecule has 2 aromatic rings. The molecule has 1 N–H and O–H groups in total. The first kappa shape index (κ1) is 16.1. The number of fused-ring (bicyclic) bond motifs is 5. The number of aromatic nitrogens is 1. The highest BCUT2D eigenvalue weighted by Crippen LogP contribution is 2.69. The number of aromatic hydroxyl groups is 1. The van der Waals surface area contributed by atoms with Crippen LogP contribution in [-0.2, 0) is 5.41 Å². The molecule has 4 nitrogen and oxygen atoms in total. The Bertz CT molecular complexity index is 955. The minimum absolute atomic E-state index is 0.0782. The van der Waals surface area contributed by atoms with Crippen LogP contribution in [0.5, 0.6) is 5.75 Å². The third kappa shape index (κ3) is 1.77. The Morgan fingerprint density at radius 2 is 1.84 bits per heavy atom. The lowest BCUT2D eigenvalue weighted by molar-refractivity contribution is 0.101. The Balaban J connectivity index is 2.20. The van der Waals surface area contributed by atoms with Crippen LogP contribution in [0.4, 0.5) is 0 Å². The minimum Gasteiger partial charge on any atom is -0.507 e. The first-order valence-electron chi connectivity index (χ1n) is 8.80. The van der Waals surface area contributed by atoms with Crippen LogP contribution in [0.3, 0.4) is 0 Å². The molecule has 2 aliphatic rings. The van der Waals surface area contributed by atoms with E-state index in [4.69, 9.17) is 0 Å². The summed E-state index contributed by atoms with van der Waals surface area (Å²) < 4.78 is 1.67. The van der Waals surface area contributed by atoms with Crippen molar-refractivity contribution in [2.45, 2.75) is 51.9 Å². The number of benzene rings is 1. The van der Waals surface area contributed by atoms with Gasteiger partial charge in [0.05, 0.1) is 0 Å². The Morgan fingerprint density at radius 1 is 1.20 bits per heavy atom. The normalized spacial score (nSPS) is 25.8. The summed E-state index contributed by atoms with van der Waals surface area (Å²) in [5.41, 5.74) is 1.63. The van der Waals surface area contributed by atoms with E-state index in [1.807, 2.05) is 30.3 Å². The van der Waals surface area contributed by atoms with Gasteiger partial charge in [0.1, 0.15) is 11.3 Å². The highest BCUT2D eigenvalue weighted by atomic mass is 16.3. The molecule has 1 aromatic heterocycles. The van der Waals surface area contributed by atoms with Crippen molar-refractivity contribution in [3.8, 4) is 11.4 Å². The smallest absolute Gasteiger partial charge is 0.270 e. The van der Waals surface area contributed by atoms with E-state index < -0.39 is 5.56 Å². The summed E-state index contributed by atoms with van der Waals surface area (Å²) in [4.78, 5) is 25.3. The second-order valence-electron chi connectivity index (χ2n) is 8.16. The van der Waals surface area contributed by atoms with Crippen molar-refractivity contribution < 1.29 is 9.90 Å². The van der Waals surface area contributed by atoms with E-state index in [1.165, 1.54) is 6.92 Å². The quantitative estimate of drug-likeness (QED) is 0.845. The molecule has 1 heterocycles. The fraction of sp³-hybridized carbons (Fsp3) is 0.429. The molecule has 2 atom stereocenters. The molecule has 25 heavy (non-hydrogen) atoms. The maximum atomic E-state index is 13.2. The lowest BCUT2D eigenvalue weighted by Gasteiger charge is -2.36. The molecular formula is C21H23NO3. The molecule has 2 bridgehead atoms. The number of pyridine rings is 1. The van der Waals surface area contributed by atoms with Crippen LogP contribution in [0.25, 0.3) is 5.69 Å². The van der Waals surface area contributed by atoms with Crippen molar-refractivity contribution in [1.82, 2.24) is 4.57 Å². The predicted molar refractivity (Wildman–Crippen MR) is 96.8 cm³/mol. The first-order valence-corrected chi connectivity index (χ1v) is 8.80. The van der Waals surface area contributed by atoms with Crippen LogP contribution in [0.1, 0.15) is 68.1 Å². The highest BCUT2D eigenvalue weighted by molar-refractivity contribution is 5.97. The molecular weight excluding hydrogens is 314 g/mol. The summed E-state index contributed by atoms with van der Waals surface area (Å²) in [6.07, 6.45) is 1.94. The Hall–Kier alpha value is -2.36. The number of nitrogens with zero attached hydrogens (tertiary/aromatic N) is 1. The molecule has 1 aromatic carbocycles. The van der Waals surface area contributed by atoms with Crippen molar-refractivity contribution >= 4 is 5.78 Å². The average molecular weight is 337 g/mol. The lowest BCUT2D eigenvalue weighted by atomic mass is 9.70. The molecule has 1 fully saturated rings. The van der Waals surface area contributed by atoms with Gasteiger partial charge in [-0.05, 0) is 43.2 Å². The average Bonchev–Trinajstić information content (AvgIpc) is 2.88. The first-order chi connectivity index (χ1) is 11.7. The summed E-state index contributed by atoms with van der Waals surface area (Å²) in [7, 11) is 0. The van der Waals surface area contributed by atoms with Crippen molar-refractivity contribution in [3.05, 3.63) is 57.5 Å². The van der Waals surface area contributed by atoms with Crippen LogP contribution in [0.15, 0.2) is 35.1 Å². The van der Waals surface area contributed by atoms with Gasteiger partial charge in [0.2, 0.25) is 0 Å². The monoisotopic (exact) mass is 337 g/mol. The van der Waals surface area contributed by atoms with Gasteiger partial charge in [-0.2, -0.15) is 0 Å². The molecule has 2 unspecified atom stereocenters. The summed E-state index contributed by atoms with van der Waals surface area (Å²) in [5, 5.41) is 10.9. The third-order valence-electron chi connectivity index (χ3n) is 6.85. The zero-order valence-corrected chi connectivity index (χ0v) is 15.1. The zero-order chi connectivity index (χ0) is 18.1. The van der Waals surface area contributed by atoms with E-state index in [2.05, 4.69) is 20.8 Å². The number of hydrogen-bond acceptors (Lipinski definition) is 3. The van der Waals surface area contributed by atoms with Gasteiger partial charge in [-0.25, -0.2) is 0 Å². The van der Waals surface area contributed by atoms with Crippen molar-refractivity contribution in [2.24, 2.45) is 5.41 Å². The van der Waals surface area contributed by atoms with E-state index in [-0.39, 0.29) is 33.8 Å². The summed E-state index contributed by atoms with van der Waals surface area (Å²) >= 11 is 0. The molecule has 0 spiro atoms. The number of Topliss-reactive ketones (excluding diaryl/α,β-unsaturated/α-hetero) is 1. The van der Waals surface area contributed by atoms with E-state index in [1.54, 1.807) is 4.57 Å². The van der Waals surface area contributed by atoms with Crippen LogP contribution < -0.4 is 5.56 Å². The van der Waals surface area contributed by atoms with Gasteiger partial charge in [-0.1, -0.05) is 39.0 Å². The number of para-hydroxylation sites is 1. The number of rotatable bonds is 2. The molecule has 0 amide bonds. The van der Waals surface area contributed by atoms with E-state index in [0.717, 1.165) is 29.8 Å². The molecule has 0 aliphatic heterocycles. The second-order valence-corrected chi connectivity index (χ2v) is 8.16. The minimum atomic E-state index is -0.417. The van der Waals surface area contributed by atoms with Crippen LogP contribution in [0.2, 0.25) is 0 Å². The topological polar surface area (TPSA) is 59.3 Å². The number of hydrogen-bond donors (Lipinski definition) is 1. The van der Waals surface area contributed by atoms with Gasteiger partial charge in [0.15, 0.2) is 5.78 Å². The molecule has 0 saturated heterocycles. The number of carbonyl (C=O) groups excluding carboxylic acids is 1. The summed E-state index contributed by atoms with van der Waals surface area (Å²) in [5.74, 6) is -0.331. The fourth-order valence-corrected chi connectivity index (χ4v) is 5.13. The van der Waals surface area contributed by atoms with Crippen LogP contribution >= 0.6 is 0 Å². The lowest BCUT2D eigenvalue weighted by Crippen LogP contribution is -2.37. The highest BCUT2D eigenvalue weighted by Gasteiger charge is 2.62. The molecule has 4 rings (SSSR count). The summed E-state index contributed by atoms with van der Waals surface area (Å²) in [6.45, 7) is 7.94. The largest absolute Gasteiger partial charge is 0.507 e. The SMILES string of the molecule is CC(=O)c1c(O)c2c(n(-c3ccccc3)c1=O)C1(C)CCC2C1(C)C. The van der Waals surface area contributed by atoms with Gasteiger partial charge in [-0.15, -0.1) is 0 Å². The van der Waals surface area contributed by atoms with Gasteiger partial charge < -0.3 is 5.11 Å². The molecule has 4 heteroatoms. The van der Waals surface area contributed by atoms with Crippen LogP contribution in [0, 0.1) is 5.41 Å². The molecule has 0 radical (unpaired) electrons. The zero-order valence-electron chi connectivity index (χ0n) is 15.1. The van der Waals surface area contributed by atoms with Crippen molar-refractivity contribution in [2.75, 3.05) is 0 Å². The Kier molecular flexibility index (Phi) is 3.12. The van der Waals surface area contributed by atoms with Gasteiger partial charge >= 0.3 is 0 Å². The molecule has 2 aliphatic carbocycles. The third-order valence-corrected chi connectivity index (χ3v) is 6.85. The van der Waals surface area contributed by atoms with Crippen LogP contribution in [-0.4, -0.2) is 15.5 Å². The van der Waals surface area contributed by atoms with Gasteiger partial charge in [0, 0.05) is 22.4 Å². The number of ketones is 1. The van der Waals surface area contributed by atoms with Crippen molar-refractivity contribution in [3.63, 3.8) is 0 Å². The van der Waals surface area contributed by atoms with Gasteiger partial charge in [0.25, 0.3) is 5.56 Å². The fourth-order valence-electron chi connectivity index (χ4n) is 5.13. The predicted octanol–water partition coefficient (Wildman–Crippen LogP) is 3.92. The van der Waals surface area contributed by atoms with E-state index in [9.17, 15) is 14.7 Å². The summed E-state index contributed by atoms with van der Waals surface area (Å²) in [6, 6.07) is 9.43. The Morgan fingerprint density at radius 3 is 2.44 bits per heavy atom. The second kappa shape index (κ2) is 4.84. The Labute approximate surface area is 147 Å². The van der Waals surface area contributed by atoms with E-state index in [0.29, 0.717) is 0 Å². The van der Waals surface area contributed by atoms with E-state index >= 15 is 0 Å². The molecule has 130 valence electrons. The maximum Gasteiger partial charge on any atom is 0.270 e. The van der Waals surface area contributed by atoms with Gasteiger partial charge in [-0.3, -0.25) is 14.2 Å². The van der Waals surface area contributed by atoms with Crippen molar-refractivity contribution in [1.29, 1.82) is 0 Å². The standard InChI is InChI=1S/C21H23NO3/c1-12(23)15-17(24)16-14-10-11-21(4,20(14,2)3)18(16)22(19(15)25)13-8-6-5-7-9-13/h5-9,14,24H,10-11H2,1-4H3. The maximum absolute atomic E-state index is 13.2. The molecule has 1 saturated carbocycles.